The summed E-state index contributed by atoms with van der Waals surface area (Å²) in [5.41, 5.74) is 7.54. The predicted octanol–water partition coefficient (Wildman–Crippen LogP) is 1.77. The molecule has 19 heavy (non-hydrogen) atoms. The van der Waals surface area contributed by atoms with E-state index in [9.17, 15) is 5.11 Å². The fraction of sp³-hybridized carbons (Fsp3) is 0.625. The molecular weight excluding hydrogens is 236 g/mol. The first-order valence-corrected chi connectivity index (χ1v) is 7.36. The summed E-state index contributed by atoms with van der Waals surface area (Å²) in [5.74, 6) is 0. The zero-order valence-corrected chi connectivity index (χ0v) is 11.7. The standard InChI is InChI=1S/C16H24N2O/c1-12-3-2-4-13(9-12)16(19)7-5-15(6-8-16)18-10-14(17)11-18/h2-4,9,14-15,19H,5-8,10-11,17H2,1H3. The summed E-state index contributed by atoms with van der Waals surface area (Å²) >= 11 is 0. The lowest BCUT2D eigenvalue weighted by molar-refractivity contribution is -0.0376. The van der Waals surface area contributed by atoms with Crippen molar-refractivity contribution in [2.24, 2.45) is 5.73 Å². The molecule has 3 rings (SSSR count). The highest BCUT2D eigenvalue weighted by Crippen LogP contribution is 2.39. The van der Waals surface area contributed by atoms with Crippen molar-refractivity contribution in [2.45, 2.75) is 50.3 Å². The third kappa shape index (κ3) is 2.55. The van der Waals surface area contributed by atoms with Gasteiger partial charge in [0.25, 0.3) is 0 Å². The number of aryl methyl sites for hydroxylation is 1. The summed E-state index contributed by atoms with van der Waals surface area (Å²) in [7, 11) is 0. The van der Waals surface area contributed by atoms with Crippen LogP contribution in [0.4, 0.5) is 0 Å². The molecule has 3 N–H and O–H groups in total. The second-order valence-corrected chi connectivity index (χ2v) is 6.35. The summed E-state index contributed by atoms with van der Waals surface area (Å²) < 4.78 is 0. The van der Waals surface area contributed by atoms with Gasteiger partial charge >= 0.3 is 0 Å². The first-order valence-electron chi connectivity index (χ1n) is 7.36. The Morgan fingerprint density at radius 2 is 1.95 bits per heavy atom. The van der Waals surface area contributed by atoms with Crippen LogP contribution >= 0.6 is 0 Å². The van der Waals surface area contributed by atoms with Crippen molar-refractivity contribution < 1.29 is 5.11 Å². The van der Waals surface area contributed by atoms with Crippen molar-refractivity contribution >= 4 is 0 Å². The van der Waals surface area contributed by atoms with Crippen molar-refractivity contribution in [3.8, 4) is 0 Å². The normalized spacial score (nSPS) is 33.1. The van der Waals surface area contributed by atoms with Gasteiger partial charge in [0, 0.05) is 25.2 Å². The molecular formula is C16H24N2O. The number of hydrogen-bond donors (Lipinski definition) is 2. The highest BCUT2D eigenvalue weighted by molar-refractivity contribution is 5.28. The molecule has 0 amide bonds. The summed E-state index contributed by atoms with van der Waals surface area (Å²) in [6.07, 6.45) is 3.90. The molecule has 0 atom stereocenters. The van der Waals surface area contributed by atoms with Crippen molar-refractivity contribution in [3.63, 3.8) is 0 Å². The van der Waals surface area contributed by atoms with Crippen LogP contribution in [0.25, 0.3) is 0 Å². The van der Waals surface area contributed by atoms with E-state index in [-0.39, 0.29) is 0 Å². The molecule has 0 bridgehead atoms. The van der Waals surface area contributed by atoms with Gasteiger partial charge in [-0.3, -0.25) is 4.90 Å². The summed E-state index contributed by atoms with van der Waals surface area (Å²) in [6.45, 7) is 4.15. The highest BCUT2D eigenvalue weighted by atomic mass is 16.3. The number of hydrogen-bond acceptors (Lipinski definition) is 3. The van der Waals surface area contributed by atoms with Gasteiger partial charge in [-0.2, -0.15) is 0 Å². The van der Waals surface area contributed by atoms with Gasteiger partial charge in [-0.25, -0.2) is 0 Å². The van der Waals surface area contributed by atoms with Crippen molar-refractivity contribution in [1.29, 1.82) is 0 Å². The van der Waals surface area contributed by atoms with Crippen LogP contribution in [0, 0.1) is 6.92 Å². The van der Waals surface area contributed by atoms with E-state index in [0.717, 1.165) is 44.3 Å². The Balaban J connectivity index is 1.65. The molecule has 3 heteroatoms. The third-order valence-corrected chi connectivity index (χ3v) is 4.79. The summed E-state index contributed by atoms with van der Waals surface area (Å²) in [4.78, 5) is 2.47. The maximum atomic E-state index is 10.9. The van der Waals surface area contributed by atoms with E-state index in [4.69, 9.17) is 5.73 Å². The molecule has 1 aromatic rings. The minimum absolute atomic E-state index is 0.373. The Morgan fingerprint density at radius 1 is 1.26 bits per heavy atom. The molecule has 1 aliphatic heterocycles. The lowest BCUT2D eigenvalue weighted by atomic mass is 9.76. The second kappa shape index (κ2) is 4.89. The molecule has 2 aliphatic rings. The zero-order valence-electron chi connectivity index (χ0n) is 11.7. The lowest BCUT2D eigenvalue weighted by Crippen LogP contribution is -2.60. The van der Waals surface area contributed by atoms with E-state index in [1.165, 1.54) is 5.56 Å². The van der Waals surface area contributed by atoms with E-state index in [1.54, 1.807) is 0 Å². The van der Waals surface area contributed by atoms with E-state index in [2.05, 4.69) is 30.0 Å². The largest absolute Gasteiger partial charge is 0.385 e. The maximum Gasteiger partial charge on any atom is 0.0897 e. The number of likely N-dealkylation sites (tertiary alicyclic amines) is 1. The van der Waals surface area contributed by atoms with Crippen LogP contribution in [-0.2, 0) is 5.60 Å². The molecule has 1 aliphatic carbocycles. The SMILES string of the molecule is Cc1cccc(C2(O)CCC(N3CC(N)C3)CC2)c1. The van der Waals surface area contributed by atoms with Crippen LogP contribution in [0.1, 0.15) is 36.8 Å². The highest BCUT2D eigenvalue weighted by Gasteiger charge is 2.39. The van der Waals surface area contributed by atoms with Crippen LogP contribution < -0.4 is 5.73 Å². The van der Waals surface area contributed by atoms with Gasteiger partial charge in [0.1, 0.15) is 0 Å². The van der Waals surface area contributed by atoms with Crippen LogP contribution in [0.3, 0.4) is 0 Å². The number of nitrogens with two attached hydrogens (primary N) is 1. The topological polar surface area (TPSA) is 49.5 Å². The minimum Gasteiger partial charge on any atom is -0.385 e. The van der Waals surface area contributed by atoms with Crippen molar-refractivity contribution in [3.05, 3.63) is 35.4 Å². The van der Waals surface area contributed by atoms with Gasteiger partial charge in [-0.1, -0.05) is 29.8 Å². The van der Waals surface area contributed by atoms with Crippen LogP contribution in [0.15, 0.2) is 24.3 Å². The summed E-state index contributed by atoms with van der Waals surface area (Å²) in [5, 5.41) is 10.9. The van der Waals surface area contributed by atoms with Gasteiger partial charge in [-0.05, 0) is 38.2 Å². The Morgan fingerprint density at radius 3 is 2.53 bits per heavy atom. The molecule has 1 heterocycles. The van der Waals surface area contributed by atoms with Gasteiger partial charge in [-0.15, -0.1) is 0 Å². The Kier molecular flexibility index (Phi) is 3.37. The average molecular weight is 260 g/mol. The van der Waals surface area contributed by atoms with E-state index in [1.807, 2.05) is 6.07 Å². The maximum absolute atomic E-state index is 10.9. The monoisotopic (exact) mass is 260 g/mol. The molecule has 104 valence electrons. The fourth-order valence-electron chi connectivity index (χ4n) is 3.52. The number of nitrogens with zero attached hydrogens (tertiary/aromatic N) is 1. The van der Waals surface area contributed by atoms with E-state index >= 15 is 0 Å². The van der Waals surface area contributed by atoms with Gasteiger partial charge in [0.2, 0.25) is 0 Å². The van der Waals surface area contributed by atoms with Crippen molar-refractivity contribution in [1.82, 2.24) is 4.90 Å². The third-order valence-electron chi connectivity index (χ3n) is 4.79. The van der Waals surface area contributed by atoms with E-state index < -0.39 is 5.60 Å². The number of aliphatic hydroxyl groups is 1. The van der Waals surface area contributed by atoms with Crippen LogP contribution in [-0.4, -0.2) is 35.2 Å². The van der Waals surface area contributed by atoms with E-state index in [0.29, 0.717) is 12.1 Å². The smallest absolute Gasteiger partial charge is 0.0897 e. The molecule has 2 fully saturated rings. The predicted molar refractivity (Wildman–Crippen MR) is 76.9 cm³/mol. The van der Waals surface area contributed by atoms with Gasteiger partial charge in [0.15, 0.2) is 0 Å². The quantitative estimate of drug-likeness (QED) is 0.852. The van der Waals surface area contributed by atoms with Crippen LogP contribution in [0.5, 0.6) is 0 Å². The molecule has 0 unspecified atom stereocenters. The fourth-order valence-corrected chi connectivity index (χ4v) is 3.52. The first kappa shape index (κ1) is 13.1. The van der Waals surface area contributed by atoms with Gasteiger partial charge < -0.3 is 10.8 Å². The summed E-state index contributed by atoms with van der Waals surface area (Å²) in [6, 6.07) is 9.32. The average Bonchev–Trinajstić information content (AvgIpc) is 2.36. The number of benzene rings is 1. The van der Waals surface area contributed by atoms with Crippen LogP contribution in [0.2, 0.25) is 0 Å². The second-order valence-electron chi connectivity index (χ2n) is 6.35. The van der Waals surface area contributed by atoms with Crippen molar-refractivity contribution in [2.75, 3.05) is 13.1 Å². The zero-order chi connectivity index (χ0) is 13.5. The molecule has 1 aromatic carbocycles. The molecule has 0 aromatic heterocycles. The minimum atomic E-state index is -0.616. The number of rotatable bonds is 2. The molecule has 1 saturated carbocycles. The Hall–Kier alpha value is -0.900. The lowest BCUT2D eigenvalue weighted by Gasteiger charge is -2.47. The molecule has 0 radical (unpaired) electrons. The molecule has 0 spiro atoms. The first-order chi connectivity index (χ1) is 9.07. The Labute approximate surface area is 115 Å². The molecule has 3 nitrogen and oxygen atoms in total. The Bertz CT molecular complexity index is 446. The van der Waals surface area contributed by atoms with Gasteiger partial charge in [0.05, 0.1) is 5.60 Å². The molecule has 1 saturated heterocycles.